The Morgan fingerprint density at radius 3 is 2.94 bits per heavy atom. The lowest BCUT2D eigenvalue weighted by Crippen LogP contribution is -2.26. The standard InChI is InChI=1S/C8H10N4O2S2/c1-6(8-9-5-10-11-8)12-16(13,14)7-3-2-4-15-7/h2-6,12H,1H3,(H,9,10,11). The minimum atomic E-state index is -3.46. The summed E-state index contributed by atoms with van der Waals surface area (Å²) in [6.07, 6.45) is 1.34. The molecule has 2 heterocycles. The second kappa shape index (κ2) is 4.32. The van der Waals surface area contributed by atoms with Crippen molar-refractivity contribution in [3.8, 4) is 0 Å². The molecule has 0 radical (unpaired) electrons. The van der Waals surface area contributed by atoms with Gasteiger partial charge in [0.25, 0.3) is 10.0 Å². The first-order valence-electron chi connectivity index (χ1n) is 4.51. The van der Waals surface area contributed by atoms with Crippen LogP contribution in [0, 0.1) is 0 Å². The van der Waals surface area contributed by atoms with Gasteiger partial charge in [-0.1, -0.05) is 6.07 Å². The first-order valence-corrected chi connectivity index (χ1v) is 6.87. The molecule has 1 unspecified atom stereocenters. The van der Waals surface area contributed by atoms with Gasteiger partial charge in [0.1, 0.15) is 16.4 Å². The van der Waals surface area contributed by atoms with Crippen molar-refractivity contribution < 1.29 is 8.42 Å². The van der Waals surface area contributed by atoms with Gasteiger partial charge in [-0.3, -0.25) is 5.10 Å². The number of rotatable bonds is 4. The molecule has 0 aromatic carbocycles. The number of aromatic amines is 1. The molecule has 0 aliphatic rings. The Bertz CT molecular complexity index is 533. The Hall–Kier alpha value is -1.25. The van der Waals surface area contributed by atoms with E-state index in [1.807, 2.05) is 0 Å². The lowest BCUT2D eigenvalue weighted by atomic mass is 10.3. The van der Waals surface area contributed by atoms with Crippen molar-refractivity contribution in [2.24, 2.45) is 0 Å². The zero-order valence-electron chi connectivity index (χ0n) is 8.41. The number of sulfonamides is 1. The van der Waals surface area contributed by atoms with Crippen molar-refractivity contribution in [1.82, 2.24) is 19.9 Å². The van der Waals surface area contributed by atoms with Gasteiger partial charge in [-0.25, -0.2) is 18.1 Å². The van der Waals surface area contributed by atoms with Crippen LogP contribution in [0.2, 0.25) is 0 Å². The van der Waals surface area contributed by atoms with Crippen molar-refractivity contribution in [1.29, 1.82) is 0 Å². The molecule has 2 aromatic rings. The molecular formula is C8H10N4O2S2. The van der Waals surface area contributed by atoms with E-state index >= 15 is 0 Å². The number of H-pyrrole nitrogens is 1. The van der Waals surface area contributed by atoms with Crippen molar-refractivity contribution in [3.63, 3.8) is 0 Å². The molecule has 0 aliphatic heterocycles. The van der Waals surface area contributed by atoms with E-state index in [9.17, 15) is 8.42 Å². The minimum absolute atomic E-state index is 0.291. The fraction of sp³-hybridized carbons (Fsp3) is 0.250. The van der Waals surface area contributed by atoms with Gasteiger partial charge in [0.05, 0.1) is 6.04 Å². The summed E-state index contributed by atoms with van der Waals surface area (Å²) in [6.45, 7) is 1.70. The maximum Gasteiger partial charge on any atom is 0.250 e. The SMILES string of the molecule is CC(NS(=O)(=O)c1cccs1)c1ncn[nH]1. The second-order valence-electron chi connectivity index (χ2n) is 3.15. The summed E-state index contributed by atoms with van der Waals surface area (Å²) in [7, 11) is -3.46. The molecule has 2 N–H and O–H groups in total. The van der Waals surface area contributed by atoms with Gasteiger partial charge in [0.15, 0.2) is 0 Å². The van der Waals surface area contributed by atoms with E-state index in [1.54, 1.807) is 24.4 Å². The summed E-state index contributed by atoms with van der Waals surface area (Å²) in [4.78, 5) is 3.89. The van der Waals surface area contributed by atoms with Gasteiger partial charge in [-0.05, 0) is 18.4 Å². The molecule has 0 bridgehead atoms. The third-order valence-corrected chi connectivity index (χ3v) is 4.87. The second-order valence-corrected chi connectivity index (χ2v) is 6.03. The molecule has 1 atom stereocenters. The van der Waals surface area contributed by atoms with Gasteiger partial charge in [-0.15, -0.1) is 11.3 Å². The average molecular weight is 258 g/mol. The summed E-state index contributed by atoms with van der Waals surface area (Å²) in [5.74, 6) is 0.486. The van der Waals surface area contributed by atoms with Gasteiger partial charge in [-0.2, -0.15) is 5.10 Å². The number of nitrogens with one attached hydrogen (secondary N) is 2. The Kier molecular flexibility index (Phi) is 3.03. The fourth-order valence-corrected chi connectivity index (χ4v) is 3.40. The van der Waals surface area contributed by atoms with Crippen LogP contribution in [-0.4, -0.2) is 23.6 Å². The highest BCUT2D eigenvalue weighted by Crippen LogP contribution is 2.18. The van der Waals surface area contributed by atoms with Crippen LogP contribution in [0.3, 0.4) is 0 Å². The molecule has 0 saturated carbocycles. The van der Waals surface area contributed by atoms with Crippen LogP contribution in [0.15, 0.2) is 28.0 Å². The van der Waals surface area contributed by atoms with E-state index < -0.39 is 16.1 Å². The Labute approximate surface area is 96.8 Å². The first kappa shape index (κ1) is 11.2. The lowest BCUT2D eigenvalue weighted by Gasteiger charge is -2.09. The highest BCUT2D eigenvalue weighted by atomic mass is 32.2. The zero-order chi connectivity index (χ0) is 11.6. The molecule has 0 aliphatic carbocycles. The molecule has 2 aromatic heterocycles. The molecule has 2 rings (SSSR count). The van der Waals surface area contributed by atoms with Crippen LogP contribution in [0.1, 0.15) is 18.8 Å². The van der Waals surface area contributed by atoms with Crippen LogP contribution < -0.4 is 4.72 Å². The topological polar surface area (TPSA) is 87.7 Å². The highest BCUT2D eigenvalue weighted by molar-refractivity contribution is 7.91. The molecule has 16 heavy (non-hydrogen) atoms. The number of aromatic nitrogens is 3. The maximum absolute atomic E-state index is 11.8. The van der Waals surface area contributed by atoms with Crippen LogP contribution >= 0.6 is 11.3 Å². The Morgan fingerprint density at radius 2 is 2.38 bits per heavy atom. The van der Waals surface area contributed by atoms with Crippen LogP contribution in [0.25, 0.3) is 0 Å². The smallest absolute Gasteiger partial charge is 0.250 e. The number of hydrogen-bond acceptors (Lipinski definition) is 5. The quantitative estimate of drug-likeness (QED) is 0.853. The van der Waals surface area contributed by atoms with E-state index in [1.165, 1.54) is 17.7 Å². The van der Waals surface area contributed by atoms with E-state index in [0.29, 0.717) is 10.0 Å². The first-order chi connectivity index (χ1) is 7.59. The van der Waals surface area contributed by atoms with Gasteiger partial charge in [0, 0.05) is 0 Å². The van der Waals surface area contributed by atoms with E-state index in [-0.39, 0.29) is 0 Å². The third kappa shape index (κ3) is 2.29. The summed E-state index contributed by atoms with van der Waals surface area (Å²) in [5.41, 5.74) is 0. The number of hydrogen-bond donors (Lipinski definition) is 2. The molecule has 8 heteroatoms. The highest BCUT2D eigenvalue weighted by Gasteiger charge is 2.20. The molecule has 0 fully saturated rings. The van der Waals surface area contributed by atoms with Crippen molar-refractivity contribution in [2.75, 3.05) is 0 Å². The third-order valence-electron chi connectivity index (χ3n) is 1.94. The predicted octanol–water partition coefficient (Wildman–Crippen LogP) is 0.906. The average Bonchev–Trinajstić information content (AvgIpc) is 2.91. The summed E-state index contributed by atoms with van der Waals surface area (Å²) >= 11 is 1.17. The Balaban J connectivity index is 2.16. The van der Waals surface area contributed by atoms with Crippen molar-refractivity contribution in [3.05, 3.63) is 29.7 Å². The summed E-state index contributed by atoms with van der Waals surface area (Å²) < 4.78 is 26.5. The number of thiophene rings is 1. The van der Waals surface area contributed by atoms with Gasteiger partial charge in [0.2, 0.25) is 0 Å². The summed E-state index contributed by atoms with van der Waals surface area (Å²) in [5, 5.41) is 8.00. The van der Waals surface area contributed by atoms with Gasteiger partial charge >= 0.3 is 0 Å². The van der Waals surface area contributed by atoms with Gasteiger partial charge < -0.3 is 0 Å². The van der Waals surface area contributed by atoms with E-state index in [0.717, 1.165) is 0 Å². The summed E-state index contributed by atoms with van der Waals surface area (Å²) in [6, 6.07) is 2.81. The largest absolute Gasteiger partial charge is 0.262 e. The van der Waals surface area contributed by atoms with Crippen LogP contribution in [0.5, 0.6) is 0 Å². The molecule has 0 amide bonds. The van der Waals surface area contributed by atoms with Crippen molar-refractivity contribution in [2.45, 2.75) is 17.2 Å². The van der Waals surface area contributed by atoms with Crippen LogP contribution in [0.4, 0.5) is 0 Å². The lowest BCUT2D eigenvalue weighted by molar-refractivity contribution is 0.562. The molecule has 0 spiro atoms. The number of nitrogens with zero attached hydrogens (tertiary/aromatic N) is 2. The minimum Gasteiger partial charge on any atom is -0.262 e. The molecule has 6 nitrogen and oxygen atoms in total. The molecule has 86 valence electrons. The normalized spacial score (nSPS) is 13.8. The van der Waals surface area contributed by atoms with Crippen LogP contribution in [-0.2, 0) is 10.0 Å². The Morgan fingerprint density at radius 1 is 1.56 bits per heavy atom. The zero-order valence-corrected chi connectivity index (χ0v) is 10.0. The monoisotopic (exact) mass is 258 g/mol. The molecule has 0 saturated heterocycles. The van der Waals surface area contributed by atoms with E-state index in [2.05, 4.69) is 19.9 Å². The molecular weight excluding hydrogens is 248 g/mol. The fourth-order valence-electron chi connectivity index (χ4n) is 1.19. The van der Waals surface area contributed by atoms with E-state index in [4.69, 9.17) is 0 Å². The maximum atomic E-state index is 11.8. The predicted molar refractivity (Wildman–Crippen MR) is 59.4 cm³/mol. The van der Waals surface area contributed by atoms with Crippen molar-refractivity contribution >= 4 is 21.4 Å².